The number of hydrogen-bond acceptors (Lipinski definition) is 13. The fourth-order valence-electron chi connectivity index (χ4n) is 10.5. The molecule has 4 aromatic carbocycles. The number of nitrogens with zero attached hydrogens (tertiary/aromatic N) is 4. The highest BCUT2D eigenvalue weighted by Crippen LogP contribution is 2.45. The van der Waals surface area contributed by atoms with E-state index >= 15 is 4.39 Å². The number of halogens is 1. The van der Waals surface area contributed by atoms with Gasteiger partial charge in [0, 0.05) is 54.3 Å². The highest BCUT2D eigenvalue weighted by molar-refractivity contribution is 7.88. The molecule has 10 rings (SSSR count). The standard InChI is InChI=1S/C49H47FN6O11S2/c1-49(2)23-30(51-29-6-3-5-28(22-29)43-41(50)42(66-24-39(58)59)44(68-43)47(62)63)17-20-55(49)69(64,65)25-26-9-13-37-34(21-26)52-48(67-37)54-18-15-27(16-19-54)31-10-11-35-40-32(31)7-4-8-33(40)46(61)56(35)36-12-14-38(57)53-45(36)60/h3-11,13,21-22,27,30,36,51H,12,14-20,23-25H2,1-2H3,(H,58,59)(H,62,63)(H,53,57,60). The number of aromatic nitrogens is 1. The molecule has 2 atom stereocenters. The van der Waals surface area contributed by atoms with Gasteiger partial charge in [-0.05, 0) is 110 Å². The molecule has 4 aliphatic rings. The number of amides is 3. The van der Waals surface area contributed by atoms with Crippen molar-refractivity contribution in [3.8, 4) is 16.2 Å². The van der Waals surface area contributed by atoms with Gasteiger partial charge in [0.05, 0.1) is 16.3 Å². The fraction of sp³-hybridized carbons (Fsp3) is 0.347. The van der Waals surface area contributed by atoms with Crippen LogP contribution in [0, 0.1) is 5.82 Å². The first-order valence-corrected chi connectivity index (χ1v) is 25.0. The summed E-state index contributed by atoms with van der Waals surface area (Å²) in [5.41, 5.74) is 4.21. The number of imide groups is 1. The molecule has 4 aliphatic heterocycles. The van der Waals surface area contributed by atoms with Crippen LogP contribution in [0.4, 0.5) is 21.8 Å². The van der Waals surface area contributed by atoms with Crippen LogP contribution in [0.1, 0.15) is 89.4 Å². The number of aromatic carboxylic acids is 1. The summed E-state index contributed by atoms with van der Waals surface area (Å²) in [5.74, 6) is -5.52. The number of anilines is 3. The van der Waals surface area contributed by atoms with E-state index in [4.69, 9.17) is 19.2 Å². The quantitative estimate of drug-likeness (QED) is 0.0831. The van der Waals surface area contributed by atoms with Gasteiger partial charge in [0.2, 0.25) is 21.8 Å². The van der Waals surface area contributed by atoms with Gasteiger partial charge in [-0.2, -0.15) is 9.29 Å². The monoisotopic (exact) mass is 978 g/mol. The lowest BCUT2D eigenvalue weighted by Crippen LogP contribution is -2.55. The largest absolute Gasteiger partial charge is 0.479 e. The number of hydrogen-bond donors (Lipinski definition) is 4. The maximum absolute atomic E-state index is 15.4. The number of benzene rings is 4. The molecule has 358 valence electrons. The van der Waals surface area contributed by atoms with Gasteiger partial charge in [0.1, 0.15) is 11.6 Å². The lowest BCUT2D eigenvalue weighted by molar-refractivity contribution is -0.139. The molecule has 2 unspecified atom stereocenters. The minimum absolute atomic E-state index is 0.0200. The summed E-state index contributed by atoms with van der Waals surface area (Å²) < 4.78 is 56.4. The van der Waals surface area contributed by atoms with E-state index in [1.807, 2.05) is 32.0 Å². The van der Waals surface area contributed by atoms with Crippen molar-refractivity contribution >= 4 is 90.3 Å². The predicted octanol–water partition coefficient (Wildman–Crippen LogP) is 7.34. The van der Waals surface area contributed by atoms with Crippen molar-refractivity contribution in [2.45, 2.75) is 81.7 Å². The fourth-order valence-corrected chi connectivity index (χ4v) is 13.4. The van der Waals surface area contributed by atoms with Crippen LogP contribution in [0.2, 0.25) is 0 Å². The SMILES string of the molecule is CC1(C)CC(Nc2cccc(-c3sc(C(=O)O)c(OCC(=O)O)c3F)c2)CCN1S(=O)(=O)Cc1ccc2oc(N3CCC(c4ccc5c6c(cccc46)C(=O)N5C4CCC(=O)NC4=O)CC3)nc2c1. The number of carbonyl (C=O) groups is 5. The molecule has 2 aromatic heterocycles. The molecule has 0 bridgehead atoms. The first kappa shape index (κ1) is 45.9. The second-order valence-electron chi connectivity index (χ2n) is 18.6. The van der Waals surface area contributed by atoms with Crippen LogP contribution in [0.15, 0.2) is 77.2 Å². The smallest absolute Gasteiger partial charge is 0.349 e. The Hall–Kier alpha value is -6.90. The van der Waals surface area contributed by atoms with E-state index in [1.54, 1.807) is 52.8 Å². The maximum atomic E-state index is 15.4. The van der Waals surface area contributed by atoms with E-state index in [0.717, 1.165) is 29.2 Å². The summed E-state index contributed by atoms with van der Waals surface area (Å²) in [5, 5.41) is 26.2. The van der Waals surface area contributed by atoms with Crippen molar-refractivity contribution in [2.24, 2.45) is 0 Å². The summed E-state index contributed by atoms with van der Waals surface area (Å²) in [7, 11) is -3.81. The molecule has 4 N–H and O–H groups in total. The topological polar surface area (TPSA) is 229 Å². The van der Waals surface area contributed by atoms with Gasteiger partial charge in [-0.3, -0.25) is 24.6 Å². The highest BCUT2D eigenvalue weighted by atomic mass is 32.2. The summed E-state index contributed by atoms with van der Waals surface area (Å²) in [6.45, 7) is 4.40. The number of piperidine rings is 3. The third kappa shape index (κ3) is 8.54. The highest BCUT2D eigenvalue weighted by Gasteiger charge is 2.43. The van der Waals surface area contributed by atoms with Crippen molar-refractivity contribution in [3.63, 3.8) is 0 Å². The van der Waals surface area contributed by atoms with Gasteiger partial charge in [0.15, 0.2) is 28.6 Å². The Labute approximate surface area is 398 Å². The van der Waals surface area contributed by atoms with Crippen LogP contribution in [-0.2, 0) is 30.2 Å². The second kappa shape index (κ2) is 17.6. The Bertz CT molecular complexity index is 3230. The minimum Gasteiger partial charge on any atom is -0.479 e. The van der Waals surface area contributed by atoms with E-state index in [1.165, 1.54) is 4.90 Å². The normalized spacial score (nSPS) is 19.9. The number of ether oxygens (including phenoxy) is 1. The molecule has 0 aliphatic carbocycles. The average molecular weight is 979 g/mol. The molecule has 20 heteroatoms. The zero-order valence-corrected chi connectivity index (χ0v) is 39.1. The lowest BCUT2D eigenvalue weighted by atomic mass is 9.85. The van der Waals surface area contributed by atoms with Gasteiger partial charge in [-0.15, -0.1) is 11.3 Å². The molecule has 17 nitrogen and oxygen atoms in total. The first-order chi connectivity index (χ1) is 33.0. The molecule has 0 saturated carbocycles. The van der Waals surface area contributed by atoms with Crippen LogP contribution in [-0.4, -0.2) is 101 Å². The summed E-state index contributed by atoms with van der Waals surface area (Å²) in [6, 6.07) is 21.2. The molecule has 69 heavy (non-hydrogen) atoms. The molecule has 0 radical (unpaired) electrons. The number of aliphatic carboxylic acids is 1. The lowest BCUT2D eigenvalue weighted by Gasteiger charge is -2.45. The Morgan fingerprint density at radius 3 is 2.51 bits per heavy atom. The van der Waals surface area contributed by atoms with Crippen molar-refractivity contribution in [2.75, 3.05) is 41.4 Å². The van der Waals surface area contributed by atoms with Gasteiger partial charge in [-0.1, -0.05) is 36.4 Å². The van der Waals surface area contributed by atoms with Crippen LogP contribution in [0.5, 0.6) is 5.75 Å². The van der Waals surface area contributed by atoms with Gasteiger partial charge >= 0.3 is 11.9 Å². The van der Waals surface area contributed by atoms with Gasteiger partial charge in [0.25, 0.3) is 11.9 Å². The summed E-state index contributed by atoms with van der Waals surface area (Å²) >= 11 is 0.643. The molecule has 3 fully saturated rings. The molecule has 6 heterocycles. The second-order valence-corrected chi connectivity index (χ2v) is 21.5. The summed E-state index contributed by atoms with van der Waals surface area (Å²) in [4.78, 5) is 69.1. The predicted molar refractivity (Wildman–Crippen MR) is 255 cm³/mol. The van der Waals surface area contributed by atoms with Crippen LogP contribution < -0.4 is 25.2 Å². The van der Waals surface area contributed by atoms with Crippen LogP contribution >= 0.6 is 11.3 Å². The molecule has 6 aromatic rings. The van der Waals surface area contributed by atoms with Gasteiger partial charge in [-0.25, -0.2) is 22.4 Å². The van der Waals surface area contributed by atoms with Crippen molar-refractivity contribution in [1.82, 2.24) is 14.6 Å². The van der Waals surface area contributed by atoms with Crippen molar-refractivity contribution in [3.05, 3.63) is 100 Å². The number of rotatable bonds is 13. The molecule has 3 saturated heterocycles. The zero-order valence-electron chi connectivity index (χ0n) is 37.5. The Kier molecular flexibility index (Phi) is 11.7. The number of oxazole rings is 1. The maximum Gasteiger partial charge on any atom is 0.349 e. The molecule has 3 amide bonds. The first-order valence-electron chi connectivity index (χ1n) is 22.6. The third-order valence-corrected chi connectivity index (χ3v) is 16.8. The zero-order chi connectivity index (χ0) is 48.5. The number of sulfonamides is 1. The number of carboxylic acid groups (broad SMARTS) is 2. The average Bonchev–Trinajstić information content (AvgIpc) is 3.97. The van der Waals surface area contributed by atoms with E-state index < -0.39 is 62.5 Å². The van der Waals surface area contributed by atoms with E-state index in [2.05, 4.69) is 21.6 Å². The van der Waals surface area contributed by atoms with Crippen molar-refractivity contribution in [1.29, 1.82) is 0 Å². The van der Waals surface area contributed by atoms with E-state index in [0.29, 0.717) is 82.4 Å². The van der Waals surface area contributed by atoms with Crippen molar-refractivity contribution < 1.29 is 56.1 Å². The van der Waals surface area contributed by atoms with E-state index in [9.17, 15) is 37.5 Å². The van der Waals surface area contributed by atoms with Gasteiger partial charge < -0.3 is 29.6 Å². The number of nitrogens with one attached hydrogen (secondary N) is 2. The minimum atomic E-state index is -3.81. The van der Waals surface area contributed by atoms with Crippen LogP contribution in [0.25, 0.3) is 32.3 Å². The number of carboxylic acids is 2. The summed E-state index contributed by atoms with van der Waals surface area (Å²) in [6.07, 6.45) is 2.95. The Morgan fingerprint density at radius 2 is 1.77 bits per heavy atom. The molecular formula is C49H47FN6O11S2. The molecule has 0 spiro atoms. The molecular weight excluding hydrogens is 932 g/mol. The van der Waals surface area contributed by atoms with E-state index in [-0.39, 0.29) is 53.8 Å². The number of thiophene rings is 1. The van der Waals surface area contributed by atoms with Crippen LogP contribution in [0.3, 0.4) is 0 Å². The number of fused-ring (bicyclic) bond motifs is 1. The third-order valence-electron chi connectivity index (χ3n) is 13.6. The number of carbonyl (C=O) groups excluding carboxylic acids is 3. The Balaban J connectivity index is 0.778. The Morgan fingerprint density at radius 1 is 0.986 bits per heavy atom.